The third kappa shape index (κ3) is 2.24. The average Bonchev–Trinajstić information content (AvgIpc) is 3.29. The van der Waals surface area contributed by atoms with E-state index < -0.39 is 5.97 Å². The van der Waals surface area contributed by atoms with E-state index in [0.717, 1.165) is 17.4 Å². The summed E-state index contributed by atoms with van der Waals surface area (Å²) in [5, 5.41) is 13.2. The molecule has 2 aliphatic carbocycles. The second kappa shape index (κ2) is 5.76. The van der Waals surface area contributed by atoms with E-state index in [0.29, 0.717) is 23.3 Å². The number of ether oxygens (including phenoxy) is 1. The molecule has 26 heavy (non-hydrogen) atoms. The van der Waals surface area contributed by atoms with E-state index in [-0.39, 0.29) is 6.04 Å². The zero-order chi connectivity index (χ0) is 17.8. The Bertz CT molecular complexity index is 877. The van der Waals surface area contributed by atoms with Gasteiger partial charge in [0.05, 0.1) is 18.7 Å². The number of hydrogen-bond acceptors (Lipinski definition) is 3. The van der Waals surface area contributed by atoms with E-state index in [9.17, 15) is 9.90 Å². The predicted octanol–water partition coefficient (Wildman–Crippen LogP) is 4.69. The van der Waals surface area contributed by atoms with Gasteiger partial charge in [-0.3, -0.25) is 0 Å². The average molecular weight is 349 g/mol. The summed E-state index contributed by atoms with van der Waals surface area (Å²) in [6.07, 6.45) is 3.84. The van der Waals surface area contributed by atoms with Crippen LogP contribution in [-0.4, -0.2) is 18.2 Å². The lowest BCUT2D eigenvalue weighted by atomic mass is 9.68. The summed E-state index contributed by atoms with van der Waals surface area (Å²) in [4.78, 5) is 11.5. The van der Waals surface area contributed by atoms with Gasteiger partial charge in [0.25, 0.3) is 0 Å². The lowest BCUT2D eigenvalue weighted by molar-refractivity contribution is 0.0696. The van der Waals surface area contributed by atoms with Crippen LogP contribution in [0.1, 0.15) is 52.7 Å². The molecule has 0 saturated heterocycles. The highest BCUT2D eigenvalue weighted by atomic mass is 16.5. The summed E-state index contributed by atoms with van der Waals surface area (Å²) in [5.74, 6) is 2.43. The smallest absolute Gasteiger partial charge is 0.335 e. The molecule has 2 bridgehead atoms. The maximum atomic E-state index is 11.5. The van der Waals surface area contributed by atoms with Crippen molar-refractivity contribution in [2.75, 3.05) is 12.4 Å². The molecule has 134 valence electrons. The SMILES string of the molecule is COc1cccc([C@@H]2Nc3ccc(C(=O)O)cc3[C@H]3[C@@H]4CC[C@@H](C4)[C@@H]32)c1. The van der Waals surface area contributed by atoms with Gasteiger partial charge in [0.15, 0.2) is 0 Å². The fourth-order valence-corrected chi connectivity index (χ4v) is 5.78. The van der Waals surface area contributed by atoms with E-state index in [1.165, 1.54) is 30.4 Å². The Morgan fingerprint density at radius 2 is 2.00 bits per heavy atom. The molecule has 0 radical (unpaired) electrons. The van der Waals surface area contributed by atoms with Crippen LogP contribution in [0.15, 0.2) is 42.5 Å². The van der Waals surface area contributed by atoms with Gasteiger partial charge in [0, 0.05) is 5.69 Å². The molecule has 1 heterocycles. The Balaban J connectivity index is 1.62. The van der Waals surface area contributed by atoms with Gasteiger partial charge in [0.1, 0.15) is 5.75 Å². The Hall–Kier alpha value is -2.49. The van der Waals surface area contributed by atoms with Crippen molar-refractivity contribution >= 4 is 11.7 Å². The number of methoxy groups -OCH3 is 1. The maximum Gasteiger partial charge on any atom is 0.335 e. The molecule has 0 aromatic heterocycles. The number of aromatic carboxylic acids is 1. The zero-order valence-corrected chi connectivity index (χ0v) is 14.8. The van der Waals surface area contributed by atoms with Crippen LogP contribution >= 0.6 is 0 Å². The predicted molar refractivity (Wildman–Crippen MR) is 99.8 cm³/mol. The quantitative estimate of drug-likeness (QED) is 0.844. The molecule has 5 rings (SSSR count). The molecule has 2 fully saturated rings. The molecule has 2 N–H and O–H groups in total. The topological polar surface area (TPSA) is 58.6 Å². The molecule has 1 aliphatic heterocycles. The number of carboxylic acids is 1. The summed E-state index contributed by atoms with van der Waals surface area (Å²) in [5.41, 5.74) is 3.96. The number of carbonyl (C=O) groups is 1. The lowest BCUT2D eigenvalue weighted by Crippen LogP contribution is -2.35. The molecule has 0 amide bonds. The normalized spacial score (nSPS) is 31.0. The number of anilines is 1. The molecule has 0 spiro atoms. The zero-order valence-electron chi connectivity index (χ0n) is 14.8. The van der Waals surface area contributed by atoms with E-state index >= 15 is 0 Å². The number of fused-ring (bicyclic) bond motifs is 7. The van der Waals surface area contributed by atoms with Crippen LogP contribution in [0, 0.1) is 17.8 Å². The van der Waals surface area contributed by atoms with Crippen molar-refractivity contribution in [3.8, 4) is 5.75 Å². The molecular weight excluding hydrogens is 326 g/mol. The maximum absolute atomic E-state index is 11.5. The van der Waals surface area contributed by atoms with Crippen LogP contribution in [0.3, 0.4) is 0 Å². The van der Waals surface area contributed by atoms with Crippen LogP contribution in [0.25, 0.3) is 0 Å². The first-order chi connectivity index (χ1) is 12.7. The molecule has 4 nitrogen and oxygen atoms in total. The van der Waals surface area contributed by atoms with Gasteiger partial charge in [-0.15, -0.1) is 0 Å². The van der Waals surface area contributed by atoms with Gasteiger partial charge in [-0.05, 0) is 84.4 Å². The van der Waals surface area contributed by atoms with Gasteiger partial charge >= 0.3 is 5.97 Å². The summed E-state index contributed by atoms with van der Waals surface area (Å²) in [6, 6.07) is 14.2. The second-order valence-electron chi connectivity index (χ2n) is 7.94. The van der Waals surface area contributed by atoms with Crippen molar-refractivity contribution in [2.24, 2.45) is 17.8 Å². The number of nitrogens with one attached hydrogen (secondary N) is 1. The van der Waals surface area contributed by atoms with E-state index in [4.69, 9.17) is 4.74 Å². The first-order valence-electron chi connectivity index (χ1n) is 9.43. The Labute approximate surface area is 153 Å². The van der Waals surface area contributed by atoms with Crippen molar-refractivity contribution in [1.82, 2.24) is 0 Å². The largest absolute Gasteiger partial charge is 0.497 e. The molecule has 5 atom stereocenters. The van der Waals surface area contributed by atoms with Crippen molar-refractivity contribution in [3.63, 3.8) is 0 Å². The van der Waals surface area contributed by atoms with Crippen LogP contribution in [-0.2, 0) is 0 Å². The summed E-state index contributed by atoms with van der Waals surface area (Å²) in [6.45, 7) is 0. The molecule has 4 heteroatoms. The third-order valence-electron chi connectivity index (χ3n) is 6.79. The highest BCUT2D eigenvalue weighted by molar-refractivity contribution is 5.88. The van der Waals surface area contributed by atoms with Crippen LogP contribution < -0.4 is 10.1 Å². The Kier molecular flexibility index (Phi) is 3.49. The summed E-state index contributed by atoms with van der Waals surface area (Å²) >= 11 is 0. The van der Waals surface area contributed by atoms with Gasteiger partial charge in [0.2, 0.25) is 0 Å². The standard InChI is InChI=1S/C22H23NO3/c1-26-16-4-2-3-14(10-16)21-20-13-6-5-12(9-13)19(20)17-11-15(22(24)25)7-8-18(17)23-21/h2-4,7-8,10-13,19-21,23H,5-6,9H2,1H3,(H,24,25)/t12-,13+,19-,20+,21+/m1/s1. The van der Waals surface area contributed by atoms with Gasteiger partial charge in [-0.2, -0.15) is 0 Å². The van der Waals surface area contributed by atoms with Crippen LogP contribution in [0.2, 0.25) is 0 Å². The molecule has 3 aliphatic rings. The number of rotatable bonds is 3. The second-order valence-corrected chi connectivity index (χ2v) is 7.94. The molecule has 2 saturated carbocycles. The summed E-state index contributed by atoms with van der Waals surface area (Å²) in [7, 11) is 1.70. The first-order valence-corrected chi connectivity index (χ1v) is 9.43. The van der Waals surface area contributed by atoms with Gasteiger partial charge < -0.3 is 15.2 Å². The van der Waals surface area contributed by atoms with Gasteiger partial charge in [-0.1, -0.05) is 12.1 Å². The third-order valence-corrected chi connectivity index (χ3v) is 6.79. The van der Waals surface area contributed by atoms with E-state index in [1.54, 1.807) is 13.2 Å². The first kappa shape index (κ1) is 15.7. The van der Waals surface area contributed by atoms with Crippen LogP contribution in [0.4, 0.5) is 5.69 Å². The minimum Gasteiger partial charge on any atom is -0.497 e. The fourth-order valence-electron chi connectivity index (χ4n) is 5.78. The number of hydrogen-bond donors (Lipinski definition) is 2. The Morgan fingerprint density at radius 1 is 1.15 bits per heavy atom. The van der Waals surface area contributed by atoms with E-state index in [1.807, 2.05) is 18.2 Å². The highest BCUT2D eigenvalue weighted by Gasteiger charge is 2.53. The van der Waals surface area contributed by atoms with Crippen molar-refractivity contribution in [3.05, 3.63) is 59.2 Å². The van der Waals surface area contributed by atoms with Crippen molar-refractivity contribution < 1.29 is 14.6 Å². The molecular formula is C22H23NO3. The lowest BCUT2D eigenvalue weighted by Gasteiger charge is -2.43. The summed E-state index contributed by atoms with van der Waals surface area (Å²) < 4.78 is 5.44. The Morgan fingerprint density at radius 3 is 2.81 bits per heavy atom. The number of benzene rings is 2. The monoisotopic (exact) mass is 349 g/mol. The molecule has 2 aromatic rings. The van der Waals surface area contributed by atoms with Crippen molar-refractivity contribution in [1.29, 1.82) is 0 Å². The van der Waals surface area contributed by atoms with Gasteiger partial charge in [-0.25, -0.2) is 4.79 Å². The minimum atomic E-state index is -0.845. The molecule has 0 unspecified atom stereocenters. The van der Waals surface area contributed by atoms with Crippen molar-refractivity contribution in [2.45, 2.75) is 31.2 Å². The highest BCUT2D eigenvalue weighted by Crippen LogP contribution is 2.63. The molecule has 2 aromatic carbocycles. The number of carboxylic acid groups (broad SMARTS) is 1. The van der Waals surface area contributed by atoms with Crippen LogP contribution in [0.5, 0.6) is 5.75 Å². The van der Waals surface area contributed by atoms with E-state index in [2.05, 4.69) is 23.5 Å². The minimum absolute atomic E-state index is 0.258. The fraction of sp³-hybridized carbons (Fsp3) is 0.409.